The van der Waals surface area contributed by atoms with Crippen molar-refractivity contribution in [3.05, 3.63) is 59.1 Å². The third-order valence-corrected chi connectivity index (χ3v) is 4.69. The maximum Gasteiger partial charge on any atom is 0.273 e. The van der Waals surface area contributed by atoms with Crippen LogP contribution in [0.5, 0.6) is 5.75 Å². The molecule has 0 saturated carbocycles. The van der Waals surface area contributed by atoms with Crippen LogP contribution in [0.4, 0.5) is 0 Å². The second kappa shape index (κ2) is 7.76. The molecular formula is C18H17N3O3S. The van der Waals surface area contributed by atoms with Gasteiger partial charge in [0, 0.05) is 6.42 Å². The van der Waals surface area contributed by atoms with Crippen molar-refractivity contribution in [2.75, 3.05) is 0 Å². The molecular weight excluding hydrogens is 338 g/mol. The van der Waals surface area contributed by atoms with Crippen LogP contribution in [-0.2, 0) is 11.2 Å². The van der Waals surface area contributed by atoms with E-state index in [9.17, 15) is 14.7 Å². The van der Waals surface area contributed by atoms with Crippen LogP contribution in [0.3, 0.4) is 0 Å². The van der Waals surface area contributed by atoms with Gasteiger partial charge in [-0.1, -0.05) is 24.3 Å². The number of phenolic OH excluding ortho intramolecular Hbond substituents is 1. The summed E-state index contributed by atoms with van der Waals surface area (Å²) in [6.07, 6.45) is 1.62. The average Bonchev–Trinajstić information content (AvgIpc) is 3.03. The Kier molecular flexibility index (Phi) is 5.25. The highest BCUT2D eigenvalue weighted by atomic mass is 32.1. The highest BCUT2D eigenvalue weighted by Gasteiger charge is 2.11. The van der Waals surface area contributed by atoms with Gasteiger partial charge in [0.25, 0.3) is 5.91 Å². The average molecular weight is 355 g/mol. The fraction of sp³-hybridized carbons (Fsp3) is 0.167. The molecule has 0 spiro atoms. The number of thiazole rings is 1. The largest absolute Gasteiger partial charge is 0.507 e. The number of hydrazine groups is 1. The first-order chi connectivity index (χ1) is 12.1. The van der Waals surface area contributed by atoms with Gasteiger partial charge >= 0.3 is 0 Å². The number of benzene rings is 2. The van der Waals surface area contributed by atoms with Crippen LogP contribution in [0.15, 0.2) is 48.5 Å². The van der Waals surface area contributed by atoms with E-state index in [-0.39, 0.29) is 23.6 Å². The van der Waals surface area contributed by atoms with Gasteiger partial charge in [0.2, 0.25) is 5.91 Å². The van der Waals surface area contributed by atoms with Gasteiger partial charge < -0.3 is 5.11 Å². The van der Waals surface area contributed by atoms with Crippen LogP contribution in [0.1, 0.15) is 28.2 Å². The van der Waals surface area contributed by atoms with Crippen molar-refractivity contribution >= 4 is 33.4 Å². The van der Waals surface area contributed by atoms with Crippen LogP contribution in [-0.4, -0.2) is 21.9 Å². The molecule has 0 aliphatic rings. The molecule has 2 amide bonds. The molecule has 0 atom stereocenters. The summed E-state index contributed by atoms with van der Waals surface area (Å²) in [6.45, 7) is 0. The lowest BCUT2D eigenvalue weighted by atomic mass is 10.2. The zero-order chi connectivity index (χ0) is 17.6. The van der Waals surface area contributed by atoms with E-state index in [1.807, 2.05) is 24.3 Å². The van der Waals surface area contributed by atoms with E-state index in [0.29, 0.717) is 12.8 Å². The van der Waals surface area contributed by atoms with Crippen molar-refractivity contribution in [1.29, 1.82) is 0 Å². The lowest BCUT2D eigenvalue weighted by molar-refractivity contribution is -0.121. The molecule has 3 rings (SSSR count). The molecule has 1 aromatic heterocycles. The Labute approximate surface area is 148 Å². The van der Waals surface area contributed by atoms with Crippen molar-refractivity contribution in [2.24, 2.45) is 0 Å². The molecule has 0 saturated heterocycles. The van der Waals surface area contributed by atoms with Gasteiger partial charge in [-0.3, -0.25) is 20.4 Å². The summed E-state index contributed by atoms with van der Waals surface area (Å²) >= 11 is 1.63. The Morgan fingerprint density at radius 3 is 2.60 bits per heavy atom. The number of nitrogens with zero attached hydrogens (tertiary/aromatic N) is 1. The van der Waals surface area contributed by atoms with Crippen LogP contribution in [0.25, 0.3) is 10.2 Å². The number of amides is 2. The van der Waals surface area contributed by atoms with Crippen LogP contribution in [0.2, 0.25) is 0 Å². The number of rotatable bonds is 5. The summed E-state index contributed by atoms with van der Waals surface area (Å²) < 4.78 is 1.14. The maximum atomic E-state index is 11.9. The number of carbonyl (C=O) groups excluding carboxylic acids is 2. The fourth-order valence-corrected chi connectivity index (χ4v) is 3.36. The number of hydrogen-bond donors (Lipinski definition) is 3. The second-order valence-corrected chi connectivity index (χ2v) is 6.56. The Hall–Kier alpha value is -2.93. The van der Waals surface area contributed by atoms with Crippen LogP contribution >= 0.6 is 11.3 Å². The number of para-hydroxylation sites is 2. The van der Waals surface area contributed by atoms with E-state index in [4.69, 9.17) is 0 Å². The minimum absolute atomic E-state index is 0.109. The van der Waals surface area contributed by atoms with Gasteiger partial charge in [-0.2, -0.15) is 0 Å². The lowest BCUT2D eigenvalue weighted by Gasteiger charge is -2.08. The molecule has 3 N–H and O–H groups in total. The van der Waals surface area contributed by atoms with E-state index in [1.54, 1.807) is 23.5 Å². The first-order valence-corrected chi connectivity index (χ1v) is 8.67. The Balaban J connectivity index is 1.43. The summed E-state index contributed by atoms with van der Waals surface area (Å²) in [5.74, 6) is -0.979. The molecule has 0 unspecified atom stereocenters. The van der Waals surface area contributed by atoms with Crippen molar-refractivity contribution in [3.8, 4) is 5.75 Å². The van der Waals surface area contributed by atoms with Gasteiger partial charge in [-0.25, -0.2) is 4.98 Å². The van der Waals surface area contributed by atoms with Crippen molar-refractivity contribution in [3.63, 3.8) is 0 Å². The lowest BCUT2D eigenvalue weighted by Crippen LogP contribution is -2.41. The summed E-state index contributed by atoms with van der Waals surface area (Å²) in [7, 11) is 0. The minimum atomic E-state index is -0.558. The first-order valence-electron chi connectivity index (χ1n) is 7.85. The third kappa shape index (κ3) is 4.33. The van der Waals surface area contributed by atoms with Gasteiger partial charge in [0.15, 0.2) is 0 Å². The molecule has 2 aromatic carbocycles. The smallest absolute Gasteiger partial charge is 0.273 e. The van der Waals surface area contributed by atoms with Gasteiger partial charge in [0.1, 0.15) is 5.75 Å². The Morgan fingerprint density at radius 2 is 1.80 bits per heavy atom. The Morgan fingerprint density at radius 1 is 1.04 bits per heavy atom. The number of aromatic hydroxyl groups is 1. The maximum absolute atomic E-state index is 11.9. The second-order valence-electron chi connectivity index (χ2n) is 5.45. The molecule has 25 heavy (non-hydrogen) atoms. The summed E-state index contributed by atoms with van der Waals surface area (Å²) in [6, 6.07) is 14.1. The highest BCUT2D eigenvalue weighted by molar-refractivity contribution is 7.18. The van der Waals surface area contributed by atoms with Crippen molar-refractivity contribution < 1.29 is 14.7 Å². The molecule has 0 aliphatic heterocycles. The quantitative estimate of drug-likeness (QED) is 0.614. The van der Waals surface area contributed by atoms with Crippen molar-refractivity contribution in [1.82, 2.24) is 15.8 Å². The van der Waals surface area contributed by atoms with E-state index in [1.165, 1.54) is 12.1 Å². The molecule has 6 nitrogen and oxygen atoms in total. The van der Waals surface area contributed by atoms with E-state index in [2.05, 4.69) is 15.8 Å². The monoisotopic (exact) mass is 355 g/mol. The number of nitrogens with one attached hydrogen (secondary N) is 2. The zero-order valence-electron chi connectivity index (χ0n) is 13.4. The fourth-order valence-electron chi connectivity index (χ4n) is 2.35. The molecule has 128 valence electrons. The molecule has 0 aliphatic carbocycles. The predicted octanol–water partition coefficient (Wildman–Crippen LogP) is 2.79. The molecule has 1 heterocycles. The number of hydrogen-bond acceptors (Lipinski definition) is 5. The van der Waals surface area contributed by atoms with Crippen LogP contribution in [0, 0.1) is 0 Å². The highest BCUT2D eigenvalue weighted by Crippen LogP contribution is 2.22. The van der Waals surface area contributed by atoms with E-state index in [0.717, 1.165) is 15.2 Å². The van der Waals surface area contributed by atoms with Gasteiger partial charge in [-0.05, 0) is 37.1 Å². The normalized spacial score (nSPS) is 10.6. The SMILES string of the molecule is O=C(CCCc1nc2ccccc2s1)NNC(=O)c1ccccc1O. The van der Waals surface area contributed by atoms with Gasteiger partial charge in [-0.15, -0.1) is 11.3 Å². The molecule has 0 fully saturated rings. The standard InChI is InChI=1S/C18H17N3O3S/c22-14-8-3-1-6-12(14)18(24)21-20-16(23)10-5-11-17-19-13-7-2-4-9-15(13)25-17/h1-4,6-9,22H,5,10-11H2,(H,20,23)(H,21,24). The number of aryl methyl sites for hydroxylation is 1. The summed E-state index contributed by atoms with van der Waals surface area (Å²) in [4.78, 5) is 28.2. The summed E-state index contributed by atoms with van der Waals surface area (Å²) in [5.41, 5.74) is 5.74. The third-order valence-electron chi connectivity index (χ3n) is 3.60. The number of aromatic nitrogens is 1. The number of phenols is 1. The molecule has 0 radical (unpaired) electrons. The molecule has 7 heteroatoms. The van der Waals surface area contributed by atoms with E-state index < -0.39 is 5.91 Å². The van der Waals surface area contributed by atoms with Crippen molar-refractivity contribution in [2.45, 2.75) is 19.3 Å². The number of fused-ring (bicyclic) bond motifs is 1. The van der Waals surface area contributed by atoms with E-state index >= 15 is 0 Å². The van der Waals surface area contributed by atoms with Gasteiger partial charge in [0.05, 0.1) is 20.8 Å². The number of carbonyl (C=O) groups is 2. The zero-order valence-corrected chi connectivity index (χ0v) is 14.2. The first kappa shape index (κ1) is 16.9. The predicted molar refractivity (Wildman–Crippen MR) is 96.3 cm³/mol. The topological polar surface area (TPSA) is 91.3 Å². The minimum Gasteiger partial charge on any atom is -0.507 e. The summed E-state index contributed by atoms with van der Waals surface area (Å²) in [5, 5.41) is 10.6. The Bertz CT molecular complexity index is 874. The van der Waals surface area contributed by atoms with Crippen LogP contribution < -0.4 is 10.9 Å². The molecule has 3 aromatic rings. The molecule has 0 bridgehead atoms.